The van der Waals surface area contributed by atoms with Gasteiger partial charge in [0.15, 0.2) is 0 Å². The summed E-state index contributed by atoms with van der Waals surface area (Å²) in [4.78, 5) is 16.3. The molecule has 0 aliphatic heterocycles. The molecule has 0 aliphatic carbocycles. The number of anilines is 2. The molecule has 3 aromatic rings. The largest absolute Gasteiger partial charge is 0.384 e. The summed E-state index contributed by atoms with van der Waals surface area (Å²) in [7, 11) is 0. The van der Waals surface area contributed by atoms with Gasteiger partial charge in [-0.1, -0.05) is 11.6 Å². The van der Waals surface area contributed by atoms with Crippen molar-refractivity contribution in [1.82, 2.24) is 19.9 Å². The van der Waals surface area contributed by atoms with E-state index < -0.39 is 0 Å². The number of hydrogen-bond acceptors (Lipinski definition) is 6. The minimum Gasteiger partial charge on any atom is -0.384 e. The van der Waals surface area contributed by atoms with Crippen molar-refractivity contribution in [3.63, 3.8) is 0 Å². The number of hydrogen-bond donors (Lipinski definition) is 2. The summed E-state index contributed by atoms with van der Waals surface area (Å²) in [6.07, 6.45) is 7.34. The molecule has 0 fully saturated rings. The quantitative estimate of drug-likeness (QED) is 0.764. The summed E-state index contributed by atoms with van der Waals surface area (Å²) >= 11 is 6.12. The highest BCUT2D eigenvalue weighted by atomic mass is 35.5. The van der Waals surface area contributed by atoms with Crippen LogP contribution in [0.15, 0.2) is 43.1 Å². The van der Waals surface area contributed by atoms with Crippen LogP contribution in [0.5, 0.6) is 0 Å². The average molecular weight is 331 g/mol. The van der Waals surface area contributed by atoms with Crippen LogP contribution in [0.4, 0.5) is 16.0 Å². The van der Waals surface area contributed by atoms with E-state index in [1.807, 2.05) is 0 Å². The number of aromatic nitrogens is 4. The summed E-state index contributed by atoms with van der Waals surface area (Å²) < 4.78 is 13.1. The highest BCUT2D eigenvalue weighted by molar-refractivity contribution is 6.33. The third-order valence-corrected chi connectivity index (χ3v) is 3.32. The Morgan fingerprint density at radius 3 is 2.74 bits per heavy atom. The zero-order valence-corrected chi connectivity index (χ0v) is 12.6. The fraction of sp³-hybridized carbons (Fsp3) is 0.0667. The molecular weight excluding hydrogens is 319 g/mol. The second-order valence-electron chi connectivity index (χ2n) is 4.74. The number of halogens is 2. The lowest BCUT2D eigenvalue weighted by Gasteiger charge is -2.08. The van der Waals surface area contributed by atoms with Crippen LogP contribution in [0, 0.1) is 5.82 Å². The molecule has 3 aromatic heterocycles. The van der Waals surface area contributed by atoms with Crippen LogP contribution in [-0.4, -0.2) is 19.9 Å². The molecule has 0 spiro atoms. The zero-order valence-electron chi connectivity index (χ0n) is 11.9. The maximum Gasteiger partial charge on any atom is 0.145 e. The summed E-state index contributed by atoms with van der Waals surface area (Å²) in [5.74, 6) is 0.483. The molecular formula is C15H12ClFN6. The van der Waals surface area contributed by atoms with Crippen molar-refractivity contribution in [2.75, 3.05) is 11.1 Å². The van der Waals surface area contributed by atoms with Crippen LogP contribution in [0.25, 0.3) is 11.3 Å². The van der Waals surface area contributed by atoms with Crippen LogP contribution in [-0.2, 0) is 6.54 Å². The van der Waals surface area contributed by atoms with Crippen molar-refractivity contribution >= 4 is 23.2 Å². The molecule has 23 heavy (non-hydrogen) atoms. The first-order chi connectivity index (χ1) is 11.1. The monoisotopic (exact) mass is 330 g/mol. The SMILES string of the molecule is Nc1cc(-c2cncc(NCc3cncc(F)c3)n2)c(Cl)cn1. The molecule has 8 heteroatoms. The van der Waals surface area contributed by atoms with Gasteiger partial charge in [-0.3, -0.25) is 9.97 Å². The Morgan fingerprint density at radius 2 is 1.91 bits per heavy atom. The molecule has 116 valence electrons. The Hall–Kier alpha value is -2.80. The molecule has 0 saturated heterocycles. The predicted octanol–water partition coefficient (Wildman–Crippen LogP) is 2.92. The fourth-order valence-corrected chi connectivity index (χ4v) is 2.18. The molecule has 6 nitrogen and oxygen atoms in total. The van der Waals surface area contributed by atoms with Crippen molar-refractivity contribution in [1.29, 1.82) is 0 Å². The van der Waals surface area contributed by atoms with Gasteiger partial charge in [0.2, 0.25) is 0 Å². The van der Waals surface area contributed by atoms with Crippen molar-refractivity contribution in [3.8, 4) is 11.3 Å². The number of nitrogens with one attached hydrogen (secondary N) is 1. The summed E-state index contributed by atoms with van der Waals surface area (Å²) in [6, 6.07) is 3.03. The molecule has 0 aliphatic rings. The van der Waals surface area contributed by atoms with E-state index >= 15 is 0 Å². The molecule has 0 saturated carbocycles. The number of nitrogens with zero attached hydrogens (tertiary/aromatic N) is 4. The maximum atomic E-state index is 13.1. The summed E-state index contributed by atoms with van der Waals surface area (Å²) in [5, 5.41) is 3.49. The standard InChI is InChI=1S/C15H12ClFN6/c16-12-6-21-14(18)2-11(12)13-7-20-8-15(23-13)22-4-9-1-10(17)5-19-3-9/h1-3,5-8H,4H2,(H2,18,21)(H,22,23). The first kappa shape index (κ1) is 15.1. The second-order valence-corrected chi connectivity index (χ2v) is 5.15. The van der Waals surface area contributed by atoms with E-state index in [2.05, 4.69) is 25.3 Å². The Labute approximate surface area is 136 Å². The molecule has 3 rings (SSSR count). The normalized spacial score (nSPS) is 10.5. The van der Waals surface area contributed by atoms with Crippen LogP contribution in [0.2, 0.25) is 5.02 Å². The topological polar surface area (TPSA) is 89.6 Å². The van der Waals surface area contributed by atoms with Gasteiger partial charge < -0.3 is 11.1 Å². The van der Waals surface area contributed by atoms with E-state index in [4.69, 9.17) is 17.3 Å². The van der Waals surface area contributed by atoms with Gasteiger partial charge in [-0.05, 0) is 17.7 Å². The molecule has 0 atom stereocenters. The van der Waals surface area contributed by atoms with E-state index in [1.54, 1.807) is 24.7 Å². The molecule has 3 heterocycles. The van der Waals surface area contributed by atoms with Crippen molar-refractivity contribution in [2.24, 2.45) is 0 Å². The highest BCUT2D eigenvalue weighted by Crippen LogP contribution is 2.27. The first-order valence-electron chi connectivity index (χ1n) is 6.68. The number of rotatable bonds is 4. The van der Waals surface area contributed by atoms with Gasteiger partial charge >= 0.3 is 0 Å². The predicted molar refractivity (Wildman–Crippen MR) is 86.2 cm³/mol. The van der Waals surface area contributed by atoms with Crippen LogP contribution in [0.3, 0.4) is 0 Å². The highest BCUT2D eigenvalue weighted by Gasteiger charge is 2.08. The Morgan fingerprint density at radius 1 is 1.09 bits per heavy atom. The van der Waals surface area contributed by atoms with Gasteiger partial charge in [-0.2, -0.15) is 0 Å². The van der Waals surface area contributed by atoms with Gasteiger partial charge in [0.1, 0.15) is 17.5 Å². The lowest BCUT2D eigenvalue weighted by atomic mass is 10.2. The minimum absolute atomic E-state index is 0.343. The van der Waals surface area contributed by atoms with Gasteiger partial charge in [0.05, 0.1) is 29.3 Å². The van der Waals surface area contributed by atoms with Gasteiger partial charge in [0.25, 0.3) is 0 Å². The van der Waals surface area contributed by atoms with E-state index in [9.17, 15) is 4.39 Å². The average Bonchev–Trinajstić information content (AvgIpc) is 2.55. The van der Waals surface area contributed by atoms with E-state index in [-0.39, 0.29) is 5.82 Å². The smallest absolute Gasteiger partial charge is 0.145 e. The second kappa shape index (κ2) is 6.53. The number of nitrogens with two attached hydrogens (primary N) is 1. The Bertz CT molecular complexity index is 842. The third-order valence-electron chi connectivity index (χ3n) is 3.02. The van der Waals surface area contributed by atoms with E-state index in [0.717, 1.165) is 6.20 Å². The van der Waals surface area contributed by atoms with Crippen LogP contribution >= 0.6 is 11.6 Å². The Kier molecular flexibility index (Phi) is 4.29. The van der Waals surface area contributed by atoms with Gasteiger partial charge in [-0.15, -0.1) is 0 Å². The molecule has 0 radical (unpaired) electrons. The van der Waals surface area contributed by atoms with Gasteiger partial charge in [-0.25, -0.2) is 14.4 Å². The summed E-state index contributed by atoms with van der Waals surface area (Å²) in [6.45, 7) is 0.370. The first-order valence-corrected chi connectivity index (χ1v) is 7.06. The Balaban J connectivity index is 1.81. The lowest BCUT2D eigenvalue weighted by Crippen LogP contribution is -2.03. The van der Waals surface area contributed by atoms with E-state index in [1.165, 1.54) is 12.3 Å². The molecule has 0 amide bonds. The lowest BCUT2D eigenvalue weighted by molar-refractivity contribution is 0.619. The maximum absolute atomic E-state index is 13.1. The molecule has 3 N–H and O–H groups in total. The van der Waals surface area contributed by atoms with Crippen LogP contribution in [0.1, 0.15) is 5.56 Å². The van der Waals surface area contributed by atoms with E-state index in [0.29, 0.717) is 40.0 Å². The molecule has 0 unspecified atom stereocenters. The minimum atomic E-state index is -0.386. The fourth-order valence-electron chi connectivity index (χ4n) is 1.98. The third kappa shape index (κ3) is 3.70. The molecule has 0 bridgehead atoms. The summed E-state index contributed by atoms with van der Waals surface area (Å²) in [5.41, 5.74) is 7.58. The van der Waals surface area contributed by atoms with Crippen molar-refractivity contribution in [3.05, 3.63) is 59.5 Å². The zero-order chi connectivity index (χ0) is 16.2. The van der Waals surface area contributed by atoms with Crippen molar-refractivity contribution in [2.45, 2.75) is 6.54 Å². The number of nitrogen functional groups attached to an aromatic ring is 1. The van der Waals surface area contributed by atoms with Crippen molar-refractivity contribution < 1.29 is 4.39 Å². The van der Waals surface area contributed by atoms with Gasteiger partial charge in [0, 0.05) is 24.5 Å². The number of pyridine rings is 2. The molecule has 0 aromatic carbocycles. The van der Waals surface area contributed by atoms with Crippen LogP contribution < -0.4 is 11.1 Å².